The van der Waals surface area contributed by atoms with Gasteiger partial charge in [0.25, 0.3) is 0 Å². The molecule has 0 spiro atoms. The first kappa shape index (κ1) is 13.2. The van der Waals surface area contributed by atoms with Crippen molar-refractivity contribution in [2.24, 2.45) is 0 Å². The maximum absolute atomic E-state index is 12.0. The summed E-state index contributed by atoms with van der Waals surface area (Å²) in [5.74, 6) is -0.308. The molecule has 0 amide bonds. The summed E-state index contributed by atoms with van der Waals surface area (Å²) >= 11 is 12.0. The van der Waals surface area contributed by atoms with Gasteiger partial charge < -0.3 is 4.74 Å². The number of carbonyl (C=O) groups is 1. The predicted molar refractivity (Wildman–Crippen MR) is 80.7 cm³/mol. The number of rotatable bonds is 2. The van der Waals surface area contributed by atoms with Gasteiger partial charge in [0.05, 0.1) is 15.6 Å². The first-order valence-corrected chi connectivity index (χ1v) is 6.83. The first-order valence-electron chi connectivity index (χ1n) is 6.08. The van der Waals surface area contributed by atoms with E-state index >= 15 is 0 Å². The zero-order chi connectivity index (χ0) is 14.1. The lowest BCUT2D eigenvalue weighted by Crippen LogP contribution is -1.98. The minimum absolute atomic E-state index is 0.251. The molecule has 2 aromatic carbocycles. The lowest BCUT2D eigenvalue weighted by Gasteiger charge is -2.05. The number of cyclic esters (lactones) is 1. The van der Waals surface area contributed by atoms with Crippen LogP contribution in [0.5, 0.6) is 0 Å². The maximum Gasteiger partial charge on any atom is 0.339 e. The Hall–Kier alpha value is -1.77. The van der Waals surface area contributed by atoms with Crippen LogP contribution in [-0.2, 0) is 9.53 Å². The van der Waals surface area contributed by atoms with E-state index in [0.717, 1.165) is 16.7 Å². The van der Waals surface area contributed by atoms with Crippen molar-refractivity contribution < 1.29 is 9.53 Å². The molecule has 1 aliphatic rings. The van der Waals surface area contributed by atoms with Crippen molar-refractivity contribution in [2.45, 2.75) is 0 Å². The highest BCUT2D eigenvalue weighted by molar-refractivity contribution is 6.42. The molecule has 0 aromatic heterocycles. The molecule has 0 fully saturated rings. The molecule has 100 valence electrons. The van der Waals surface area contributed by atoms with Crippen LogP contribution in [0.1, 0.15) is 11.1 Å². The Morgan fingerprint density at radius 2 is 1.65 bits per heavy atom. The predicted octanol–water partition coefficient (Wildman–Crippen LogP) is 4.46. The molecule has 1 aliphatic heterocycles. The van der Waals surface area contributed by atoms with Gasteiger partial charge in [0.15, 0.2) is 0 Å². The third-order valence-corrected chi connectivity index (χ3v) is 3.92. The lowest BCUT2D eigenvalue weighted by molar-refractivity contribution is -0.133. The van der Waals surface area contributed by atoms with Gasteiger partial charge in [-0.2, -0.15) is 0 Å². The van der Waals surface area contributed by atoms with Crippen LogP contribution < -0.4 is 0 Å². The van der Waals surface area contributed by atoms with Crippen LogP contribution in [0, 0.1) is 0 Å². The zero-order valence-electron chi connectivity index (χ0n) is 10.4. The third kappa shape index (κ3) is 2.33. The second kappa shape index (κ2) is 5.31. The highest BCUT2D eigenvalue weighted by atomic mass is 35.5. The summed E-state index contributed by atoms with van der Waals surface area (Å²) in [4.78, 5) is 12.0. The standard InChI is InChI=1S/C16H10Cl2O2/c17-13-7-6-11(8-14(13)18)12-9-20-16(19)15(12)10-4-2-1-3-5-10/h1-8H,9H2. The van der Waals surface area contributed by atoms with E-state index in [1.807, 2.05) is 36.4 Å². The molecule has 2 aromatic rings. The van der Waals surface area contributed by atoms with E-state index in [2.05, 4.69) is 0 Å². The molecule has 0 N–H and O–H groups in total. The van der Waals surface area contributed by atoms with Crippen LogP contribution in [0.4, 0.5) is 0 Å². The van der Waals surface area contributed by atoms with Crippen molar-refractivity contribution in [3.05, 3.63) is 69.7 Å². The molecule has 0 bridgehead atoms. The van der Waals surface area contributed by atoms with Gasteiger partial charge in [-0.3, -0.25) is 0 Å². The van der Waals surface area contributed by atoms with Crippen molar-refractivity contribution in [1.82, 2.24) is 0 Å². The van der Waals surface area contributed by atoms with Gasteiger partial charge in [-0.25, -0.2) is 4.79 Å². The summed E-state index contributed by atoms with van der Waals surface area (Å²) < 4.78 is 5.17. The number of ether oxygens (including phenoxy) is 1. The van der Waals surface area contributed by atoms with Gasteiger partial charge in [-0.15, -0.1) is 0 Å². The summed E-state index contributed by atoms with van der Waals surface area (Å²) in [6, 6.07) is 14.8. The second-order valence-electron chi connectivity index (χ2n) is 4.42. The monoisotopic (exact) mass is 304 g/mol. The molecule has 0 atom stereocenters. The van der Waals surface area contributed by atoms with Crippen LogP contribution in [0.25, 0.3) is 11.1 Å². The van der Waals surface area contributed by atoms with E-state index < -0.39 is 0 Å². The average molecular weight is 305 g/mol. The number of halogens is 2. The van der Waals surface area contributed by atoms with Gasteiger partial charge in [0.2, 0.25) is 0 Å². The Morgan fingerprint density at radius 3 is 2.35 bits per heavy atom. The van der Waals surface area contributed by atoms with E-state index in [9.17, 15) is 4.79 Å². The largest absolute Gasteiger partial charge is 0.457 e. The minimum Gasteiger partial charge on any atom is -0.457 e. The van der Waals surface area contributed by atoms with Gasteiger partial charge in [-0.05, 0) is 23.3 Å². The number of hydrogen-bond donors (Lipinski definition) is 0. The number of benzene rings is 2. The molecule has 0 saturated heterocycles. The fraction of sp³-hybridized carbons (Fsp3) is 0.0625. The van der Waals surface area contributed by atoms with Crippen LogP contribution in [-0.4, -0.2) is 12.6 Å². The molecular weight excluding hydrogens is 295 g/mol. The second-order valence-corrected chi connectivity index (χ2v) is 5.24. The molecular formula is C16H10Cl2O2. The fourth-order valence-electron chi connectivity index (χ4n) is 2.21. The van der Waals surface area contributed by atoms with Crippen LogP contribution in [0.15, 0.2) is 48.5 Å². The Bertz CT molecular complexity index is 706. The Kier molecular flexibility index (Phi) is 3.51. The van der Waals surface area contributed by atoms with Crippen molar-refractivity contribution >= 4 is 40.3 Å². The zero-order valence-corrected chi connectivity index (χ0v) is 11.9. The molecule has 0 aliphatic carbocycles. The van der Waals surface area contributed by atoms with Gasteiger partial charge >= 0.3 is 5.97 Å². The topological polar surface area (TPSA) is 26.3 Å². The van der Waals surface area contributed by atoms with Crippen molar-refractivity contribution in [1.29, 1.82) is 0 Å². The molecule has 1 heterocycles. The SMILES string of the molecule is O=C1OCC(c2ccc(Cl)c(Cl)c2)=C1c1ccccc1. The van der Waals surface area contributed by atoms with Gasteiger partial charge in [0, 0.05) is 5.57 Å². The quantitative estimate of drug-likeness (QED) is 0.766. The minimum atomic E-state index is -0.308. The summed E-state index contributed by atoms with van der Waals surface area (Å²) in [5, 5.41) is 0.950. The van der Waals surface area contributed by atoms with Crippen LogP contribution in [0.2, 0.25) is 10.0 Å². The van der Waals surface area contributed by atoms with Crippen LogP contribution >= 0.6 is 23.2 Å². The number of hydrogen-bond acceptors (Lipinski definition) is 2. The fourth-order valence-corrected chi connectivity index (χ4v) is 2.51. The highest BCUT2D eigenvalue weighted by Crippen LogP contribution is 2.35. The first-order chi connectivity index (χ1) is 9.66. The highest BCUT2D eigenvalue weighted by Gasteiger charge is 2.27. The van der Waals surface area contributed by atoms with Crippen molar-refractivity contribution in [2.75, 3.05) is 6.61 Å². The average Bonchev–Trinajstić information content (AvgIpc) is 2.85. The number of carbonyl (C=O) groups excluding carboxylic acids is 1. The molecule has 0 radical (unpaired) electrons. The van der Waals surface area contributed by atoms with Gasteiger partial charge in [-0.1, -0.05) is 59.6 Å². The van der Waals surface area contributed by atoms with E-state index in [0.29, 0.717) is 15.6 Å². The Balaban J connectivity index is 2.16. The lowest BCUT2D eigenvalue weighted by atomic mass is 9.97. The molecule has 3 rings (SSSR count). The summed E-state index contributed by atoms with van der Waals surface area (Å²) in [6.07, 6.45) is 0. The van der Waals surface area contributed by atoms with Crippen molar-refractivity contribution in [3.63, 3.8) is 0 Å². The molecule has 0 unspecified atom stereocenters. The molecule has 20 heavy (non-hydrogen) atoms. The van der Waals surface area contributed by atoms with Crippen molar-refractivity contribution in [3.8, 4) is 0 Å². The van der Waals surface area contributed by atoms with Crippen LogP contribution in [0.3, 0.4) is 0 Å². The maximum atomic E-state index is 12.0. The third-order valence-electron chi connectivity index (χ3n) is 3.18. The Morgan fingerprint density at radius 1 is 0.900 bits per heavy atom. The number of esters is 1. The van der Waals surface area contributed by atoms with E-state index in [1.54, 1.807) is 12.1 Å². The van der Waals surface area contributed by atoms with E-state index in [1.165, 1.54) is 0 Å². The summed E-state index contributed by atoms with van der Waals surface area (Å²) in [5.41, 5.74) is 3.11. The van der Waals surface area contributed by atoms with E-state index in [4.69, 9.17) is 27.9 Å². The summed E-state index contributed by atoms with van der Waals surface area (Å²) in [7, 11) is 0. The molecule has 4 heteroatoms. The Labute approximate surface area is 126 Å². The molecule has 0 saturated carbocycles. The van der Waals surface area contributed by atoms with Gasteiger partial charge in [0.1, 0.15) is 6.61 Å². The molecule has 2 nitrogen and oxygen atoms in total. The summed E-state index contributed by atoms with van der Waals surface area (Å²) in [6.45, 7) is 0.251. The normalized spacial score (nSPS) is 14.6. The van der Waals surface area contributed by atoms with E-state index in [-0.39, 0.29) is 12.6 Å². The smallest absolute Gasteiger partial charge is 0.339 e.